The zero-order valence-corrected chi connectivity index (χ0v) is 15.0. The van der Waals surface area contributed by atoms with Crippen LogP contribution in [0.2, 0.25) is 0 Å². The van der Waals surface area contributed by atoms with E-state index in [-0.39, 0.29) is 23.9 Å². The van der Waals surface area contributed by atoms with Gasteiger partial charge in [0.2, 0.25) is 0 Å². The summed E-state index contributed by atoms with van der Waals surface area (Å²) in [5, 5.41) is 2.68. The van der Waals surface area contributed by atoms with Gasteiger partial charge in [0.05, 0.1) is 20.1 Å². The molecule has 0 bridgehead atoms. The van der Waals surface area contributed by atoms with Crippen molar-refractivity contribution in [3.8, 4) is 0 Å². The summed E-state index contributed by atoms with van der Waals surface area (Å²) in [6.07, 6.45) is 5.56. The van der Waals surface area contributed by atoms with E-state index in [2.05, 4.69) is 10.3 Å². The maximum atomic E-state index is 13.2. The highest BCUT2D eigenvalue weighted by atomic mass is 19.1. The van der Waals surface area contributed by atoms with Gasteiger partial charge in [0.15, 0.2) is 0 Å². The van der Waals surface area contributed by atoms with Crippen molar-refractivity contribution in [2.45, 2.75) is 6.42 Å². The van der Waals surface area contributed by atoms with Crippen molar-refractivity contribution in [1.29, 1.82) is 0 Å². The van der Waals surface area contributed by atoms with Gasteiger partial charge in [-0.1, -0.05) is 12.1 Å². The minimum Gasteiger partial charge on any atom is -0.500 e. The van der Waals surface area contributed by atoms with E-state index in [0.717, 1.165) is 6.07 Å². The van der Waals surface area contributed by atoms with E-state index >= 15 is 0 Å². The summed E-state index contributed by atoms with van der Waals surface area (Å²) in [7, 11) is 3.07. The summed E-state index contributed by atoms with van der Waals surface area (Å²) in [5.41, 5.74) is 1.21. The van der Waals surface area contributed by atoms with Gasteiger partial charge in [-0.3, -0.25) is 9.59 Å². The fourth-order valence-electron chi connectivity index (χ4n) is 2.97. The number of hydrogen-bond donors (Lipinski definition) is 1. The van der Waals surface area contributed by atoms with Crippen molar-refractivity contribution in [1.82, 2.24) is 5.32 Å². The van der Waals surface area contributed by atoms with Crippen LogP contribution < -0.4 is 5.32 Å². The molecule has 0 radical (unpaired) electrons. The van der Waals surface area contributed by atoms with Crippen LogP contribution in [-0.2, 0) is 14.3 Å². The van der Waals surface area contributed by atoms with Crippen LogP contribution in [0.25, 0.3) is 0 Å². The minimum absolute atomic E-state index is 0.226. The molecule has 2 aliphatic rings. The molecular formula is C20H19FN2O4. The van der Waals surface area contributed by atoms with Crippen LogP contribution >= 0.6 is 0 Å². The number of halogens is 1. The lowest BCUT2D eigenvalue weighted by molar-refractivity contribution is -0.114. The molecule has 2 amide bonds. The topological polar surface area (TPSA) is 77.0 Å². The quantitative estimate of drug-likeness (QED) is 0.835. The van der Waals surface area contributed by atoms with Crippen molar-refractivity contribution in [2.75, 3.05) is 20.8 Å². The van der Waals surface area contributed by atoms with E-state index < -0.39 is 11.7 Å². The second-order valence-electron chi connectivity index (χ2n) is 6.00. The van der Waals surface area contributed by atoms with Gasteiger partial charge in [0, 0.05) is 17.7 Å². The van der Waals surface area contributed by atoms with Crippen molar-refractivity contribution in [3.63, 3.8) is 0 Å². The molecular weight excluding hydrogens is 351 g/mol. The molecule has 1 aromatic carbocycles. The van der Waals surface area contributed by atoms with Crippen molar-refractivity contribution in [3.05, 3.63) is 71.0 Å². The molecule has 1 N–H and O–H groups in total. The Bertz CT molecular complexity index is 899. The van der Waals surface area contributed by atoms with Crippen LogP contribution in [0.15, 0.2) is 64.6 Å². The van der Waals surface area contributed by atoms with Crippen LogP contribution in [0.3, 0.4) is 0 Å². The first-order valence-corrected chi connectivity index (χ1v) is 8.41. The molecule has 0 saturated heterocycles. The van der Waals surface area contributed by atoms with Crippen LogP contribution in [0.1, 0.15) is 16.8 Å². The fraction of sp³-hybridized carbons (Fsp3) is 0.250. The SMILES string of the molecule is COC1=CC=C(OC)C2C=C(CCNC(=O)c3cccc(F)c3)C(=O)N=C12. The first-order chi connectivity index (χ1) is 13.0. The van der Waals surface area contributed by atoms with E-state index in [1.165, 1.54) is 25.3 Å². The lowest BCUT2D eigenvalue weighted by Crippen LogP contribution is -2.30. The standard InChI is InChI=1S/C20H19FN2O4/c1-26-16-6-7-17(27-2)18-15(16)11-13(20(25)23-18)8-9-22-19(24)12-4-3-5-14(21)10-12/h3-7,10-11,15H,8-9H2,1-2H3,(H,22,24). The van der Waals surface area contributed by atoms with Gasteiger partial charge >= 0.3 is 0 Å². The highest BCUT2D eigenvalue weighted by molar-refractivity contribution is 6.15. The molecule has 1 unspecified atom stereocenters. The number of fused-ring (bicyclic) bond motifs is 1. The normalized spacial score (nSPS) is 18.5. The van der Waals surface area contributed by atoms with Crippen molar-refractivity contribution < 1.29 is 23.5 Å². The maximum Gasteiger partial charge on any atom is 0.273 e. The average molecular weight is 370 g/mol. The summed E-state index contributed by atoms with van der Waals surface area (Å²) in [6, 6.07) is 5.42. The number of carbonyl (C=O) groups is 2. The third kappa shape index (κ3) is 3.97. The molecule has 0 spiro atoms. The van der Waals surface area contributed by atoms with E-state index in [1.807, 2.05) is 0 Å². The molecule has 140 valence electrons. The van der Waals surface area contributed by atoms with E-state index in [9.17, 15) is 14.0 Å². The molecule has 0 fully saturated rings. The fourth-order valence-corrected chi connectivity index (χ4v) is 2.97. The third-order valence-corrected chi connectivity index (χ3v) is 4.34. The Morgan fingerprint density at radius 1 is 1.26 bits per heavy atom. The predicted molar refractivity (Wildman–Crippen MR) is 97.5 cm³/mol. The van der Waals surface area contributed by atoms with E-state index in [1.54, 1.807) is 25.3 Å². The molecule has 3 rings (SSSR count). The molecule has 1 aliphatic carbocycles. The summed E-state index contributed by atoms with van der Waals surface area (Å²) < 4.78 is 23.8. The molecule has 1 aromatic rings. The Kier molecular flexibility index (Phi) is 5.49. The molecule has 1 aliphatic heterocycles. The second-order valence-corrected chi connectivity index (χ2v) is 6.00. The number of nitrogens with one attached hydrogen (secondary N) is 1. The highest BCUT2D eigenvalue weighted by Crippen LogP contribution is 2.30. The lowest BCUT2D eigenvalue weighted by Gasteiger charge is -2.26. The number of benzene rings is 1. The largest absolute Gasteiger partial charge is 0.500 e. The second kappa shape index (κ2) is 7.99. The lowest BCUT2D eigenvalue weighted by atomic mass is 9.89. The number of allylic oxidation sites excluding steroid dienone is 4. The number of nitrogens with zero attached hydrogens (tertiary/aromatic N) is 1. The van der Waals surface area contributed by atoms with Gasteiger partial charge in [-0.2, -0.15) is 0 Å². The number of amides is 2. The Morgan fingerprint density at radius 3 is 2.78 bits per heavy atom. The number of dihydropyridines is 1. The summed E-state index contributed by atoms with van der Waals surface area (Å²) in [4.78, 5) is 28.5. The minimum atomic E-state index is -0.479. The maximum absolute atomic E-state index is 13.2. The van der Waals surface area contributed by atoms with Crippen LogP contribution in [0.4, 0.5) is 4.39 Å². The first-order valence-electron chi connectivity index (χ1n) is 8.41. The molecule has 1 heterocycles. The number of methoxy groups -OCH3 is 2. The highest BCUT2D eigenvalue weighted by Gasteiger charge is 2.32. The third-order valence-electron chi connectivity index (χ3n) is 4.34. The van der Waals surface area contributed by atoms with Crippen LogP contribution in [0.5, 0.6) is 0 Å². The monoisotopic (exact) mass is 370 g/mol. The summed E-state index contributed by atoms with van der Waals surface area (Å²) in [5.74, 6) is -0.384. The molecule has 6 nitrogen and oxygen atoms in total. The van der Waals surface area contributed by atoms with Gasteiger partial charge in [-0.25, -0.2) is 9.38 Å². The van der Waals surface area contributed by atoms with Crippen LogP contribution in [-0.4, -0.2) is 38.3 Å². The van der Waals surface area contributed by atoms with Crippen molar-refractivity contribution >= 4 is 17.5 Å². The predicted octanol–water partition coefficient (Wildman–Crippen LogP) is 2.54. The van der Waals surface area contributed by atoms with Gasteiger partial charge in [-0.15, -0.1) is 0 Å². The summed E-state index contributed by atoms with van der Waals surface area (Å²) in [6.45, 7) is 0.226. The number of hydrogen-bond acceptors (Lipinski definition) is 4. The first kappa shape index (κ1) is 18.6. The van der Waals surface area contributed by atoms with Gasteiger partial charge < -0.3 is 14.8 Å². The Labute approximate surface area is 156 Å². The van der Waals surface area contributed by atoms with Gasteiger partial charge in [-0.05, 0) is 36.8 Å². The van der Waals surface area contributed by atoms with E-state index in [4.69, 9.17) is 9.47 Å². The smallest absolute Gasteiger partial charge is 0.273 e. The van der Waals surface area contributed by atoms with Gasteiger partial charge in [0.25, 0.3) is 11.8 Å². The number of ether oxygens (including phenoxy) is 2. The Morgan fingerprint density at radius 2 is 2.07 bits per heavy atom. The molecule has 1 atom stereocenters. The average Bonchev–Trinajstić information content (AvgIpc) is 2.67. The zero-order chi connectivity index (χ0) is 19.4. The van der Waals surface area contributed by atoms with Gasteiger partial charge in [0.1, 0.15) is 23.0 Å². The zero-order valence-electron chi connectivity index (χ0n) is 15.0. The number of rotatable bonds is 6. The Balaban J connectivity index is 1.67. The summed E-state index contributed by atoms with van der Waals surface area (Å²) >= 11 is 0. The number of aliphatic imine (C=N–C) groups is 1. The molecule has 0 saturated carbocycles. The van der Waals surface area contributed by atoms with Crippen molar-refractivity contribution in [2.24, 2.45) is 10.9 Å². The molecule has 27 heavy (non-hydrogen) atoms. The molecule has 7 heteroatoms. The molecule has 0 aromatic heterocycles. The Hall–Kier alpha value is -3.22. The number of carbonyl (C=O) groups excluding carboxylic acids is 2. The van der Waals surface area contributed by atoms with Crippen LogP contribution in [0, 0.1) is 11.7 Å². The van der Waals surface area contributed by atoms with E-state index in [0.29, 0.717) is 29.2 Å².